The van der Waals surface area contributed by atoms with Crippen molar-refractivity contribution in [2.24, 2.45) is 5.29 Å². The highest BCUT2D eigenvalue weighted by molar-refractivity contribution is 4.99. The maximum absolute atomic E-state index is 10.5. The lowest BCUT2D eigenvalue weighted by molar-refractivity contribution is -0.187. The Morgan fingerprint density at radius 1 is 1.82 bits per heavy atom. The van der Waals surface area contributed by atoms with Gasteiger partial charge >= 0.3 is 0 Å². The Labute approximate surface area is 63.9 Å². The summed E-state index contributed by atoms with van der Waals surface area (Å²) in [6, 6.07) is 0. The van der Waals surface area contributed by atoms with Crippen LogP contribution in [0.1, 0.15) is 13.3 Å². The lowest BCUT2D eigenvalue weighted by atomic mass is 9.89. The van der Waals surface area contributed by atoms with Crippen LogP contribution >= 0.6 is 0 Å². The molecule has 0 aromatic heterocycles. The van der Waals surface area contributed by atoms with Gasteiger partial charge in [0.1, 0.15) is 0 Å². The minimum Gasteiger partial charge on any atom is -0.762 e. The third-order valence-electron chi connectivity index (χ3n) is 2.13. The van der Waals surface area contributed by atoms with Crippen molar-refractivity contribution in [3.05, 3.63) is 10.1 Å². The Hall–Kier alpha value is -0.720. The van der Waals surface area contributed by atoms with E-state index in [9.17, 15) is 10.1 Å². The predicted molar refractivity (Wildman–Crippen MR) is 37.4 cm³/mol. The summed E-state index contributed by atoms with van der Waals surface area (Å²) in [5.41, 5.74) is -0.798. The van der Waals surface area contributed by atoms with Crippen molar-refractivity contribution in [2.75, 3.05) is 13.1 Å². The first-order valence-corrected chi connectivity index (χ1v) is 3.39. The Balaban J connectivity index is 2.49. The molecule has 1 N–H and O–H groups in total. The summed E-state index contributed by atoms with van der Waals surface area (Å²) in [4.78, 5) is 9.89. The van der Waals surface area contributed by atoms with Gasteiger partial charge in [0, 0.05) is 0 Å². The highest BCUT2D eigenvalue weighted by Crippen LogP contribution is 2.29. The normalized spacial score (nSPS) is 21.6. The van der Waals surface area contributed by atoms with Crippen molar-refractivity contribution < 1.29 is 5.21 Å². The summed E-state index contributed by atoms with van der Waals surface area (Å²) < 4.78 is 0. The number of nitrogens with zero attached hydrogens (tertiary/aromatic N) is 3. The monoisotopic (exact) mass is 160 g/mol. The van der Waals surface area contributed by atoms with Gasteiger partial charge in [-0.1, -0.05) is 6.92 Å². The quantitative estimate of drug-likeness (QED) is 0.475. The van der Waals surface area contributed by atoms with Crippen LogP contribution in [0.3, 0.4) is 0 Å². The number of hydrogen-bond donors (Lipinski definition) is 1. The molecule has 0 aromatic carbocycles. The first kappa shape index (κ1) is 8.38. The molecule has 64 valence electrons. The molecule has 6 nitrogen and oxygen atoms in total. The van der Waals surface area contributed by atoms with Gasteiger partial charge in [0.05, 0.1) is 23.9 Å². The molecule has 0 aliphatic carbocycles. The van der Waals surface area contributed by atoms with Crippen molar-refractivity contribution in [3.63, 3.8) is 0 Å². The molecule has 1 rings (SSSR count). The van der Waals surface area contributed by atoms with Crippen molar-refractivity contribution >= 4 is 0 Å². The van der Waals surface area contributed by atoms with Crippen molar-refractivity contribution in [2.45, 2.75) is 18.9 Å². The molecule has 1 saturated heterocycles. The van der Waals surface area contributed by atoms with Gasteiger partial charge in [-0.05, 0) is 6.42 Å². The summed E-state index contributed by atoms with van der Waals surface area (Å²) in [6.45, 7) is 2.21. The molecule has 0 amide bonds. The van der Waals surface area contributed by atoms with Crippen molar-refractivity contribution in [1.29, 1.82) is 0 Å². The third kappa shape index (κ3) is 1.20. The molecular weight excluding hydrogens is 150 g/mol. The Morgan fingerprint density at radius 3 is 2.64 bits per heavy atom. The molecule has 0 aromatic rings. The van der Waals surface area contributed by atoms with E-state index in [1.165, 1.54) is 5.01 Å². The predicted octanol–water partition coefficient (Wildman–Crippen LogP) is 0.321. The number of nitroso groups, excluding NO2 is 1. The first-order valence-electron chi connectivity index (χ1n) is 3.39. The zero-order valence-corrected chi connectivity index (χ0v) is 6.23. The van der Waals surface area contributed by atoms with Gasteiger partial charge in [0.25, 0.3) is 0 Å². The lowest BCUT2D eigenvalue weighted by Gasteiger charge is -2.53. The summed E-state index contributed by atoms with van der Waals surface area (Å²) in [5.74, 6) is 0. The topological polar surface area (TPSA) is 79.2 Å². The van der Waals surface area contributed by atoms with Gasteiger partial charge in [-0.25, -0.2) is 0 Å². The maximum atomic E-state index is 10.5. The van der Waals surface area contributed by atoms with Crippen LogP contribution in [0.5, 0.6) is 0 Å². The Bertz CT molecular complexity index is 155. The zero-order valence-electron chi connectivity index (χ0n) is 6.23. The molecule has 0 spiro atoms. The fourth-order valence-electron chi connectivity index (χ4n) is 1.17. The van der Waals surface area contributed by atoms with E-state index < -0.39 is 5.54 Å². The molecule has 6 heteroatoms. The van der Waals surface area contributed by atoms with Gasteiger partial charge in [0.2, 0.25) is 0 Å². The summed E-state index contributed by atoms with van der Waals surface area (Å²) in [7, 11) is 0. The smallest absolute Gasteiger partial charge is 0.0709 e. The lowest BCUT2D eigenvalue weighted by Crippen LogP contribution is -2.66. The average molecular weight is 160 g/mol. The molecule has 11 heavy (non-hydrogen) atoms. The second kappa shape index (κ2) is 2.72. The second-order valence-electron chi connectivity index (χ2n) is 2.76. The molecule has 0 unspecified atom stereocenters. The van der Waals surface area contributed by atoms with Gasteiger partial charge in [-0.3, -0.25) is 10.2 Å². The molecule has 0 bridgehead atoms. The van der Waals surface area contributed by atoms with E-state index in [4.69, 9.17) is 5.21 Å². The van der Waals surface area contributed by atoms with Crippen LogP contribution in [0.15, 0.2) is 5.29 Å². The van der Waals surface area contributed by atoms with Crippen LogP contribution < -0.4 is 0 Å². The van der Waals surface area contributed by atoms with Crippen LogP contribution in [-0.2, 0) is 0 Å². The maximum Gasteiger partial charge on any atom is 0.0709 e. The Morgan fingerprint density at radius 2 is 2.36 bits per heavy atom. The van der Waals surface area contributed by atoms with Crippen molar-refractivity contribution in [1.82, 2.24) is 10.2 Å². The summed E-state index contributed by atoms with van der Waals surface area (Å²) in [5, 5.41) is 22.9. The van der Waals surface area contributed by atoms with Gasteiger partial charge in [-0.15, -0.1) is 4.91 Å². The van der Waals surface area contributed by atoms with E-state index in [0.29, 0.717) is 6.42 Å². The summed E-state index contributed by atoms with van der Waals surface area (Å²) in [6.07, 6.45) is 0.513. The number of rotatable bonds is 3. The van der Waals surface area contributed by atoms with E-state index in [2.05, 4.69) is 5.29 Å². The van der Waals surface area contributed by atoms with Crippen molar-refractivity contribution in [3.8, 4) is 0 Å². The molecule has 1 fully saturated rings. The fraction of sp³-hybridized carbons (Fsp3) is 1.00. The molecule has 0 radical (unpaired) electrons. The minimum absolute atomic E-state index is 0.0747. The standard InChI is InChI=1S/C5H10N3O3/c1-2-5(8(10)11)3-7(4-5)6-9/h10H,2-4H2,1H3/q-1. The molecule has 1 aliphatic heterocycles. The fourth-order valence-corrected chi connectivity index (χ4v) is 1.17. The van der Waals surface area contributed by atoms with Crippen LogP contribution in [0.4, 0.5) is 0 Å². The average Bonchev–Trinajstić information content (AvgIpc) is 1.86. The van der Waals surface area contributed by atoms with E-state index in [-0.39, 0.29) is 18.3 Å². The number of hydroxylamine groups is 2. The molecule has 0 saturated carbocycles. The van der Waals surface area contributed by atoms with Crippen LogP contribution in [0.2, 0.25) is 0 Å². The Kier molecular flexibility index (Phi) is 2.08. The molecular formula is C5H10N3O3-. The van der Waals surface area contributed by atoms with E-state index in [1.54, 1.807) is 6.92 Å². The molecule has 1 aliphatic rings. The highest BCUT2D eigenvalue weighted by Gasteiger charge is 2.43. The van der Waals surface area contributed by atoms with Gasteiger partial charge < -0.3 is 10.4 Å². The molecule has 0 atom stereocenters. The first-order chi connectivity index (χ1) is 5.14. The van der Waals surface area contributed by atoms with E-state index >= 15 is 0 Å². The largest absolute Gasteiger partial charge is 0.762 e. The van der Waals surface area contributed by atoms with Crippen LogP contribution in [0, 0.1) is 10.1 Å². The van der Waals surface area contributed by atoms with E-state index in [1.807, 2.05) is 0 Å². The second-order valence-corrected chi connectivity index (χ2v) is 2.76. The summed E-state index contributed by atoms with van der Waals surface area (Å²) >= 11 is 0. The zero-order chi connectivity index (χ0) is 8.48. The van der Waals surface area contributed by atoms with Crippen LogP contribution in [0.25, 0.3) is 0 Å². The number of hydrogen-bond acceptors (Lipinski definition) is 5. The SMILES string of the molecule is CCC1(N([O-])O)CN(N=O)C1. The third-order valence-corrected chi connectivity index (χ3v) is 2.13. The van der Waals surface area contributed by atoms with Crippen LogP contribution in [-0.4, -0.2) is 34.1 Å². The van der Waals surface area contributed by atoms with Gasteiger partial charge in [0.15, 0.2) is 0 Å². The van der Waals surface area contributed by atoms with Gasteiger partial charge in [-0.2, -0.15) is 0 Å². The van der Waals surface area contributed by atoms with E-state index in [0.717, 1.165) is 0 Å². The highest BCUT2D eigenvalue weighted by atomic mass is 16.8. The molecule has 1 heterocycles. The minimum atomic E-state index is -0.798.